The van der Waals surface area contributed by atoms with Crippen LogP contribution in [0.25, 0.3) is 17.0 Å². The molecule has 1 saturated heterocycles. The molecule has 1 aliphatic carbocycles. The van der Waals surface area contributed by atoms with Crippen LogP contribution in [0.15, 0.2) is 18.5 Å². The van der Waals surface area contributed by atoms with Crippen molar-refractivity contribution in [1.82, 2.24) is 29.5 Å². The lowest BCUT2D eigenvalue weighted by molar-refractivity contribution is 0.0150. The monoisotopic (exact) mass is 531 g/mol. The summed E-state index contributed by atoms with van der Waals surface area (Å²) in [4.78, 5) is 26.6. The zero-order valence-corrected chi connectivity index (χ0v) is 21.7. The van der Waals surface area contributed by atoms with E-state index in [2.05, 4.69) is 25.4 Å². The SMILES string of the molecule is COc1cc2ncc(-c3nc(N[C@H]4CN(C(=O)OC(C)(C)C)CC[C@@H]4F)ncc3F)n2nc1[C@H]1C[C@@H](O)C1. The largest absolute Gasteiger partial charge is 0.495 e. The molecule has 0 spiro atoms. The molecule has 0 bridgehead atoms. The van der Waals surface area contributed by atoms with Crippen molar-refractivity contribution in [3.05, 3.63) is 30.0 Å². The quantitative estimate of drug-likeness (QED) is 0.510. The van der Waals surface area contributed by atoms with E-state index in [0.29, 0.717) is 29.9 Å². The van der Waals surface area contributed by atoms with E-state index in [0.717, 1.165) is 6.20 Å². The summed E-state index contributed by atoms with van der Waals surface area (Å²) in [7, 11) is 1.53. The van der Waals surface area contributed by atoms with E-state index >= 15 is 0 Å². The minimum Gasteiger partial charge on any atom is -0.495 e. The molecule has 2 aliphatic rings. The summed E-state index contributed by atoms with van der Waals surface area (Å²) in [5.41, 5.74) is 0.607. The molecule has 2 fully saturated rings. The third-order valence-corrected chi connectivity index (χ3v) is 6.69. The number of nitrogens with one attached hydrogen (secondary N) is 1. The number of hydrogen-bond donors (Lipinski definition) is 2. The molecule has 3 aromatic rings. The number of aliphatic hydroxyl groups excluding tert-OH is 1. The number of hydrogen-bond acceptors (Lipinski definition) is 9. The molecular formula is C25H31F2N7O4. The second kappa shape index (κ2) is 9.93. The Bertz CT molecular complexity index is 1340. The summed E-state index contributed by atoms with van der Waals surface area (Å²) in [6.45, 7) is 5.56. The lowest BCUT2D eigenvalue weighted by Gasteiger charge is -2.36. The third kappa shape index (κ3) is 5.19. The fourth-order valence-electron chi connectivity index (χ4n) is 4.66. The zero-order chi connectivity index (χ0) is 27.2. The number of rotatable bonds is 5. The number of amides is 1. The predicted octanol–water partition coefficient (Wildman–Crippen LogP) is 3.33. The first-order valence-corrected chi connectivity index (χ1v) is 12.5. The van der Waals surface area contributed by atoms with Crippen molar-refractivity contribution in [2.75, 3.05) is 25.5 Å². The van der Waals surface area contributed by atoms with Gasteiger partial charge in [-0.05, 0) is 40.0 Å². The molecule has 3 aromatic heterocycles. The first-order chi connectivity index (χ1) is 18.0. The molecule has 0 radical (unpaired) electrons. The van der Waals surface area contributed by atoms with E-state index in [-0.39, 0.29) is 48.9 Å². The molecule has 1 amide bonds. The molecule has 38 heavy (non-hydrogen) atoms. The van der Waals surface area contributed by atoms with Crippen LogP contribution < -0.4 is 10.1 Å². The van der Waals surface area contributed by atoms with Crippen LogP contribution in [0.3, 0.4) is 0 Å². The number of likely N-dealkylation sites (tertiary alicyclic amines) is 1. The van der Waals surface area contributed by atoms with Gasteiger partial charge in [0.1, 0.15) is 34.6 Å². The lowest BCUT2D eigenvalue weighted by Crippen LogP contribution is -2.52. The average molecular weight is 532 g/mol. The number of halogens is 2. The molecule has 11 nitrogen and oxygen atoms in total. The predicted molar refractivity (Wildman–Crippen MR) is 133 cm³/mol. The summed E-state index contributed by atoms with van der Waals surface area (Å²) in [5.74, 6) is -0.150. The second-order valence-corrected chi connectivity index (χ2v) is 10.7. The van der Waals surface area contributed by atoms with E-state index in [9.17, 15) is 18.7 Å². The minimum absolute atomic E-state index is 0.00545. The second-order valence-electron chi connectivity index (χ2n) is 10.7. The summed E-state index contributed by atoms with van der Waals surface area (Å²) >= 11 is 0. The van der Waals surface area contributed by atoms with Gasteiger partial charge in [0.15, 0.2) is 11.5 Å². The Kier molecular flexibility index (Phi) is 6.80. The number of anilines is 1. The van der Waals surface area contributed by atoms with Gasteiger partial charge in [-0.2, -0.15) is 5.10 Å². The maximum absolute atomic E-state index is 15.0. The summed E-state index contributed by atoms with van der Waals surface area (Å²) in [6.07, 6.45) is 1.49. The number of fused-ring (bicyclic) bond motifs is 1. The van der Waals surface area contributed by atoms with Gasteiger partial charge >= 0.3 is 6.09 Å². The number of alkyl halides is 1. The number of aliphatic hydroxyl groups is 1. The van der Waals surface area contributed by atoms with Crippen LogP contribution in [0.2, 0.25) is 0 Å². The Balaban J connectivity index is 1.41. The fraction of sp³-hybridized carbons (Fsp3) is 0.560. The maximum atomic E-state index is 15.0. The van der Waals surface area contributed by atoms with E-state index in [1.165, 1.54) is 22.7 Å². The highest BCUT2D eigenvalue weighted by Crippen LogP contribution is 2.40. The van der Waals surface area contributed by atoms with Gasteiger partial charge in [0.2, 0.25) is 5.95 Å². The number of piperidine rings is 1. The zero-order valence-electron chi connectivity index (χ0n) is 21.7. The van der Waals surface area contributed by atoms with Crippen molar-refractivity contribution in [3.63, 3.8) is 0 Å². The number of nitrogens with zero attached hydrogens (tertiary/aromatic N) is 6. The number of aromatic nitrogens is 5. The Morgan fingerprint density at radius 2 is 2.00 bits per heavy atom. The first kappa shape index (κ1) is 26.0. The minimum atomic E-state index is -1.27. The van der Waals surface area contributed by atoms with Crippen LogP contribution in [0.4, 0.5) is 19.5 Å². The van der Waals surface area contributed by atoms with Gasteiger partial charge in [0.05, 0.1) is 31.6 Å². The van der Waals surface area contributed by atoms with Crippen molar-refractivity contribution < 1.29 is 28.2 Å². The van der Waals surface area contributed by atoms with E-state index in [1.54, 1.807) is 26.8 Å². The number of ether oxygens (including phenoxy) is 2. The molecule has 2 atom stereocenters. The van der Waals surface area contributed by atoms with Crippen LogP contribution in [-0.4, -0.2) is 84.8 Å². The molecule has 204 valence electrons. The van der Waals surface area contributed by atoms with E-state index in [4.69, 9.17) is 9.47 Å². The molecule has 0 aromatic carbocycles. The number of imidazole rings is 1. The molecule has 1 saturated carbocycles. The van der Waals surface area contributed by atoms with Gasteiger partial charge in [-0.25, -0.2) is 33.0 Å². The smallest absolute Gasteiger partial charge is 0.410 e. The van der Waals surface area contributed by atoms with Gasteiger partial charge < -0.3 is 24.8 Å². The molecule has 0 unspecified atom stereocenters. The number of methoxy groups -OCH3 is 1. The van der Waals surface area contributed by atoms with Crippen LogP contribution in [0, 0.1) is 5.82 Å². The van der Waals surface area contributed by atoms with Crippen molar-refractivity contribution in [3.8, 4) is 17.1 Å². The van der Waals surface area contributed by atoms with Crippen molar-refractivity contribution in [1.29, 1.82) is 0 Å². The van der Waals surface area contributed by atoms with Crippen LogP contribution >= 0.6 is 0 Å². The van der Waals surface area contributed by atoms with Gasteiger partial charge in [-0.1, -0.05) is 0 Å². The average Bonchev–Trinajstić information content (AvgIpc) is 3.25. The Morgan fingerprint density at radius 1 is 1.24 bits per heavy atom. The summed E-state index contributed by atoms with van der Waals surface area (Å²) in [6, 6.07) is 0.895. The van der Waals surface area contributed by atoms with E-state index < -0.39 is 29.7 Å². The van der Waals surface area contributed by atoms with Gasteiger partial charge in [-0.15, -0.1) is 0 Å². The standard InChI is InChI=1S/C25H31F2N7O4/c1-25(2,3)38-24(36)33-6-5-15(26)17(12-33)30-23-29-10-16(27)22(31-23)18-11-28-20-9-19(37-4)21(32-34(18)20)13-7-14(35)8-13/h9-11,13-15,17,35H,5-8,12H2,1-4H3,(H,29,30,31)/t13-,14+,15-,17-/m0/s1. The molecular weight excluding hydrogens is 500 g/mol. The third-order valence-electron chi connectivity index (χ3n) is 6.69. The Hall–Kier alpha value is -3.61. The summed E-state index contributed by atoms with van der Waals surface area (Å²) in [5, 5.41) is 17.3. The number of carbonyl (C=O) groups excluding carboxylic acids is 1. The van der Waals surface area contributed by atoms with Crippen LogP contribution in [0.5, 0.6) is 5.75 Å². The molecule has 1 aliphatic heterocycles. The Labute approximate surface area is 218 Å². The molecule has 4 heterocycles. The molecule has 5 rings (SSSR count). The molecule has 2 N–H and O–H groups in total. The van der Waals surface area contributed by atoms with Crippen LogP contribution in [0.1, 0.15) is 51.6 Å². The normalized spacial score (nSPS) is 23.7. The summed E-state index contributed by atoms with van der Waals surface area (Å²) < 4.78 is 42.1. The first-order valence-electron chi connectivity index (χ1n) is 12.5. The maximum Gasteiger partial charge on any atom is 0.410 e. The molecule has 13 heteroatoms. The van der Waals surface area contributed by atoms with Crippen molar-refractivity contribution >= 4 is 17.7 Å². The van der Waals surface area contributed by atoms with Gasteiger partial charge in [0, 0.05) is 25.1 Å². The van der Waals surface area contributed by atoms with Gasteiger partial charge in [0.25, 0.3) is 0 Å². The van der Waals surface area contributed by atoms with E-state index in [1.807, 2.05) is 0 Å². The highest BCUT2D eigenvalue weighted by atomic mass is 19.1. The highest BCUT2D eigenvalue weighted by molar-refractivity contribution is 5.68. The van der Waals surface area contributed by atoms with Crippen LogP contribution in [-0.2, 0) is 4.74 Å². The van der Waals surface area contributed by atoms with Crippen molar-refractivity contribution in [2.45, 2.75) is 69.9 Å². The fourth-order valence-corrected chi connectivity index (χ4v) is 4.66. The van der Waals surface area contributed by atoms with Crippen molar-refractivity contribution in [2.24, 2.45) is 0 Å². The lowest BCUT2D eigenvalue weighted by atomic mass is 9.80. The Morgan fingerprint density at radius 3 is 2.68 bits per heavy atom. The topological polar surface area (TPSA) is 127 Å². The van der Waals surface area contributed by atoms with Gasteiger partial charge in [-0.3, -0.25) is 0 Å². The number of carbonyl (C=O) groups is 1. The highest BCUT2D eigenvalue weighted by Gasteiger charge is 2.35.